The Labute approximate surface area is 121 Å². The Hall–Kier alpha value is -1.73. The normalized spacial score (nSPS) is 11.1. The van der Waals surface area contributed by atoms with Crippen molar-refractivity contribution in [1.29, 1.82) is 0 Å². The van der Waals surface area contributed by atoms with Gasteiger partial charge in [0, 0.05) is 5.02 Å². The maximum absolute atomic E-state index is 12.7. The van der Waals surface area contributed by atoms with E-state index in [1.54, 1.807) is 24.3 Å². The first-order valence-electron chi connectivity index (χ1n) is 5.34. The summed E-state index contributed by atoms with van der Waals surface area (Å²) in [5.74, 6) is 0. The van der Waals surface area contributed by atoms with E-state index in [2.05, 4.69) is 5.10 Å². The van der Waals surface area contributed by atoms with Gasteiger partial charge in [-0.1, -0.05) is 41.4 Å². The Balaban J connectivity index is 2.46. The van der Waals surface area contributed by atoms with E-state index in [1.807, 2.05) is 0 Å². The van der Waals surface area contributed by atoms with Crippen LogP contribution >= 0.6 is 23.2 Å². The maximum Gasteiger partial charge on any atom is 0.335 e. The predicted molar refractivity (Wildman–Crippen MR) is 69.4 cm³/mol. The second-order valence-corrected chi connectivity index (χ2v) is 4.60. The minimum absolute atomic E-state index is 0.0356. The molecule has 0 spiro atoms. The SMILES string of the molecule is O=[N+]([O-])c1c(C(F)F)nn(Cc2ccccc2Cl)c1Cl. The highest BCUT2D eigenvalue weighted by atomic mass is 35.5. The van der Waals surface area contributed by atoms with Crippen LogP contribution in [0.2, 0.25) is 10.2 Å². The lowest BCUT2D eigenvalue weighted by atomic mass is 10.2. The molecule has 1 aromatic heterocycles. The summed E-state index contributed by atoms with van der Waals surface area (Å²) < 4.78 is 26.4. The lowest BCUT2D eigenvalue weighted by molar-refractivity contribution is -0.386. The molecule has 106 valence electrons. The molecule has 0 aliphatic heterocycles. The fourth-order valence-corrected chi connectivity index (χ4v) is 2.12. The molecule has 0 unspecified atom stereocenters. The fraction of sp³-hybridized carbons (Fsp3) is 0.182. The number of nitro groups is 1. The first-order valence-corrected chi connectivity index (χ1v) is 6.09. The molecule has 0 aliphatic carbocycles. The molecule has 0 saturated carbocycles. The van der Waals surface area contributed by atoms with E-state index in [0.29, 0.717) is 10.6 Å². The van der Waals surface area contributed by atoms with Gasteiger partial charge < -0.3 is 0 Å². The van der Waals surface area contributed by atoms with Crippen molar-refractivity contribution in [3.63, 3.8) is 0 Å². The highest BCUT2D eigenvalue weighted by Gasteiger charge is 2.32. The summed E-state index contributed by atoms with van der Waals surface area (Å²) >= 11 is 11.7. The summed E-state index contributed by atoms with van der Waals surface area (Å²) in [5, 5.41) is 14.2. The second kappa shape index (κ2) is 5.72. The van der Waals surface area contributed by atoms with Crippen molar-refractivity contribution in [2.45, 2.75) is 13.0 Å². The quantitative estimate of drug-likeness (QED) is 0.629. The van der Waals surface area contributed by atoms with Crippen molar-refractivity contribution < 1.29 is 13.7 Å². The largest absolute Gasteiger partial charge is 0.335 e. The summed E-state index contributed by atoms with van der Waals surface area (Å²) in [6.07, 6.45) is -3.08. The zero-order chi connectivity index (χ0) is 14.9. The number of nitrogens with zero attached hydrogens (tertiary/aromatic N) is 3. The van der Waals surface area contributed by atoms with E-state index < -0.39 is 27.9 Å². The third-order valence-electron chi connectivity index (χ3n) is 2.56. The molecule has 0 N–H and O–H groups in total. The first-order chi connectivity index (χ1) is 9.41. The predicted octanol–water partition coefficient (Wildman–Crippen LogP) is 4.08. The van der Waals surface area contributed by atoms with Gasteiger partial charge in [-0.2, -0.15) is 5.10 Å². The minimum atomic E-state index is -3.08. The van der Waals surface area contributed by atoms with Crippen LogP contribution in [-0.4, -0.2) is 14.7 Å². The summed E-state index contributed by atoms with van der Waals surface area (Å²) in [7, 11) is 0. The molecular weight excluding hydrogens is 315 g/mol. The van der Waals surface area contributed by atoms with Crippen LogP contribution in [0.1, 0.15) is 17.7 Å². The topological polar surface area (TPSA) is 61.0 Å². The first kappa shape index (κ1) is 14.7. The Morgan fingerprint density at radius 1 is 1.35 bits per heavy atom. The Morgan fingerprint density at radius 3 is 2.50 bits per heavy atom. The third-order valence-corrected chi connectivity index (χ3v) is 3.30. The summed E-state index contributed by atoms with van der Waals surface area (Å²) in [6, 6.07) is 6.65. The summed E-state index contributed by atoms with van der Waals surface area (Å²) in [4.78, 5) is 9.82. The molecule has 9 heteroatoms. The van der Waals surface area contributed by atoms with Crippen molar-refractivity contribution in [2.75, 3.05) is 0 Å². The molecule has 2 rings (SSSR count). The number of alkyl halides is 2. The zero-order valence-corrected chi connectivity index (χ0v) is 11.3. The van der Waals surface area contributed by atoms with E-state index in [1.165, 1.54) is 0 Å². The molecule has 5 nitrogen and oxygen atoms in total. The van der Waals surface area contributed by atoms with Gasteiger partial charge in [0.25, 0.3) is 6.43 Å². The van der Waals surface area contributed by atoms with Crippen molar-refractivity contribution in [2.24, 2.45) is 0 Å². The van der Waals surface area contributed by atoms with Gasteiger partial charge in [-0.15, -0.1) is 0 Å². The van der Waals surface area contributed by atoms with Crippen molar-refractivity contribution in [1.82, 2.24) is 9.78 Å². The van der Waals surface area contributed by atoms with Crippen LogP contribution < -0.4 is 0 Å². The fourth-order valence-electron chi connectivity index (χ4n) is 1.66. The Bertz CT molecular complexity index is 661. The number of halogens is 4. The average molecular weight is 322 g/mol. The van der Waals surface area contributed by atoms with Gasteiger partial charge in [-0.25, -0.2) is 13.5 Å². The van der Waals surface area contributed by atoms with Crippen LogP contribution in [0.5, 0.6) is 0 Å². The monoisotopic (exact) mass is 321 g/mol. The number of aromatic nitrogens is 2. The van der Waals surface area contributed by atoms with E-state index in [0.717, 1.165) is 4.68 Å². The van der Waals surface area contributed by atoms with Crippen LogP contribution in [0.25, 0.3) is 0 Å². The number of hydrogen-bond donors (Lipinski definition) is 0. The van der Waals surface area contributed by atoms with Gasteiger partial charge in [-0.05, 0) is 11.6 Å². The summed E-state index contributed by atoms with van der Waals surface area (Å²) in [5.41, 5.74) is -1.27. The van der Waals surface area contributed by atoms with Gasteiger partial charge in [0.1, 0.15) is 0 Å². The molecular formula is C11H7Cl2F2N3O2. The molecule has 0 aliphatic rings. The maximum atomic E-state index is 12.7. The Kier molecular flexibility index (Phi) is 4.20. The van der Waals surface area contributed by atoms with E-state index >= 15 is 0 Å². The third kappa shape index (κ3) is 2.73. The lowest BCUT2D eigenvalue weighted by Crippen LogP contribution is -2.03. The Morgan fingerprint density at radius 2 is 2.00 bits per heavy atom. The van der Waals surface area contributed by atoms with Gasteiger partial charge in [-0.3, -0.25) is 10.1 Å². The van der Waals surface area contributed by atoms with Gasteiger partial charge in [0.05, 0.1) is 11.5 Å². The molecule has 0 bridgehead atoms. The smallest absolute Gasteiger partial charge is 0.258 e. The van der Waals surface area contributed by atoms with E-state index in [-0.39, 0.29) is 6.54 Å². The molecule has 20 heavy (non-hydrogen) atoms. The van der Waals surface area contributed by atoms with Gasteiger partial charge in [0.2, 0.25) is 10.8 Å². The molecule has 0 fully saturated rings. The van der Waals surface area contributed by atoms with Crippen LogP contribution in [0.15, 0.2) is 24.3 Å². The molecule has 0 atom stereocenters. The second-order valence-electron chi connectivity index (χ2n) is 3.83. The molecule has 1 heterocycles. The van der Waals surface area contributed by atoms with E-state index in [9.17, 15) is 18.9 Å². The van der Waals surface area contributed by atoms with Crippen LogP contribution in [-0.2, 0) is 6.54 Å². The van der Waals surface area contributed by atoms with Crippen molar-refractivity contribution >= 4 is 28.9 Å². The summed E-state index contributed by atoms with van der Waals surface area (Å²) in [6.45, 7) is -0.0356. The highest BCUT2D eigenvalue weighted by Crippen LogP contribution is 2.35. The highest BCUT2D eigenvalue weighted by molar-refractivity contribution is 6.32. The lowest BCUT2D eigenvalue weighted by Gasteiger charge is -2.04. The molecule has 2 aromatic rings. The van der Waals surface area contributed by atoms with Crippen molar-refractivity contribution in [3.05, 3.63) is 55.8 Å². The van der Waals surface area contributed by atoms with Crippen LogP contribution in [0.3, 0.4) is 0 Å². The zero-order valence-electron chi connectivity index (χ0n) is 9.76. The minimum Gasteiger partial charge on any atom is -0.258 e. The molecule has 0 amide bonds. The number of rotatable bonds is 4. The van der Waals surface area contributed by atoms with Crippen LogP contribution in [0, 0.1) is 10.1 Å². The van der Waals surface area contributed by atoms with Gasteiger partial charge in [0.15, 0.2) is 0 Å². The van der Waals surface area contributed by atoms with Crippen molar-refractivity contribution in [3.8, 4) is 0 Å². The molecule has 1 aromatic carbocycles. The molecule has 0 saturated heterocycles. The van der Waals surface area contributed by atoms with Gasteiger partial charge >= 0.3 is 5.69 Å². The molecule has 0 radical (unpaired) electrons. The standard InChI is InChI=1S/C11H7Cl2F2N3O2/c12-7-4-2-1-3-6(7)5-17-10(13)9(18(19)20)8(16-17)11(14)15/h1-4,11H,5H2. The van der Waals surface area contributed by atoms with E-state index in [4.69, 9.17) is 23.2 Å². The number of hydrogen-bond acceptors (Lipinski definition) is 3. The average Bonchev–Trinajstić information content (AvgIpc) is 2.70. The number of benzene rings is 1. The van der Waals surface area contributed by atoms with Crippen LogP contribution in [0.4, 0.5) is 14.5 Å².